The lowest BCUT2D eigenvalue weighted by atomic mass is 10.0. The predicted molar refractivity (Wildman–Crippen MR) is 84.7 cm³/mol. The second kappa shape index (κ2) is 6.27. The molecule has 0 aromatic carbocycles. The molecule has 3 nitrogen and oxygen atoms in total. The minimum absolute atomic E-state index is 0.0482. The summed E-state index contributed by atoms with van der Waals surface area (Å²) in [4.78, 5) is 15.0. The maximum Gasteiger partial charge on any atom is 0.241 e. The van der Waals surface area contributed by atoms with Crippen molar-refractivity contribution in [1.82, 2.24) is 10.2 Å². The SMILES string of the molecule is CC(C)C1NC(C2CCCC2)N(CC2CCCS2)C1=O. The molecule has 3 atom stereocenters. The molecule has 0 spiro atoms. The Hall–Kier alpha value is -0.220. The molecule has 1 N–H and O–H groups in total. The summed E-state index contributed by atoms with van der Waals surface area (Å²) < 4.78 is 0. The molecular formula is C16H28N2OS. The number of hydrogen-bond acceptors (Lipinski definition) is 3. The van der Waals surface area contributed by atoms with Crippen LogP contribution in [0, 0.1) is 11.8 Å². The van der Waals surface area contributed by atoms with Crippen LogP contribution in [-0.2, 0) is 4.79 Å². The molecule has 2 heterocycles. The van der Waals surface area contributed by atoms with E-state index >= 15 is 0 Å². The second-order valence-electron chi connectivity index (χ2n) is 7.00. The maximum absolute atomic E-state index is 12.8. The first kappa shape index (κ1) is 14.7. The fourth-order valence-electron chi connectivity index (χ4n) is 4.01. The first-order valence-corrected chi connectivity index (χ1v) is 9.40. The van der Waals surface area contributed by atoms with Crippen LogP contribution in [0.5, 0.6) is 0 Å². The van der Waals surface area contributed by atoms with Crippen molar-refractivity contribution in [3.05, 3.63) is 0 Å². The summed E-state index contributed by atoms with van der Waals surface area (Å²) in [6.07, 6.45) is 8.21. The highest BCUT2D eigenvalue weighted by Gasteiger charge is 2.44. The van der Waals surface area contributed by atoms with Gasteiger partial charge in [-0.25, -0.2) is 0 Å². The van der Waals surface area contributed by atoms with Crippen molar-refractivity contribution in [1.29, 1.82) is 0 Å². The summed E-state index contributed by atoms with van der Waals surface area (Å²) in [5.41, 5.74) is 0. The van der Waals surface area contributed by atoms with E-state index in [1.165, 1.54) is 44.3 Å². The van der Waals surface area contributed by atoms with Gasteiger partial charge in [-0.15, -0.1) is 0 Å². The van der Waals surface area contributed by atoms with E-state index in [-0.39, 0.29) is 6.04 Å². The van der Waals surface area contributed by atoms with Crippen LogP contribution in [0.15, 0.2) is 0 Å². The summed E-state index contributed by atoms with van der Waals surface area (Å²) in [5, 5.41) is 4.35. The van der Waals surface area contributed by atoms with Gasteiger partial charge in [0, 0.05) is 11.8 Å². The number of hydrogen-bond donors (Lipinski definition) is 1. The topological polar surface area (TPSA) is 32.3 Å². The minimum Gasteiger partial charge on any atom is -0.324 e. The smallest absolute Gasteiger partial charge is 0.241 e. The van der Waals surface area contributed by atoms with E-state index in [4.69, 9.17) is 0 Å². The summed E-state index contributed by atoms with van der Waals surface area (Å²) in [6.45, 7) is 5.30. The number of carbonyl (C=O) groups is 1. The first-order chi connectivity index (χ1) is 9.66. The summed E-state index contributed by atoms with van der Waals surface area (Å²) >= 11 is 2.06. The Labute approximate surface area is 127 Å². The molecule has 1 aliphatic carbocycles. The second-order valence-corrected chi connectivity index (χ2v) is 8.41. The van der Waals surface area contributed by atoms with Gasteiger partial charge < -0.3 is 4.90 Å². The van der Waals surface area contributed by atoms with Gasteiger partial charge in [-0.2, -0.15) is 11.8 Å². The van der Waals surface area contributed by atoms with E-state index in [0.29, 0.717) is 29.2 Å². The minimum atomic E-state index is 0.0482. The monoisotopic (exact) mass is 296 g/mol. The number of nitrogens with zero attached hydrogens (tertiary/aromatic N) is 1. The van der Waals surface area contributed by atoms with Gasteiger partial charge in [0.2, 0.25) is 5.91 Å². The maximum atomic E-state index is 12.8. The van der Waals surface area contributed by atoms with E-state index in [1.807, 2.05) is 0 Å². The molecule has 0 aromatic heterocycles. The van der Waals surface area contributed by atoms with E-state index in [9.17, 15) is 4.79 Å². The molecule has 20 heavy (non-hydrogen) atoms. The van der Waals surface area contributed by atoms with Crippen molar-refractivity contribution in [3.8, 4) is 0 Å². The highest BCUT2D eigenvalue weighted by molar-refractivity contribution is 8.00. The zero-order valence-electron chi connectivity index (χ0n) is 12.8. The molecule has 3 unspecified atom stereocenters. The molecule has 3 fully saturated rings. The van der Waals surface area contributed by atoms with Crippen LogP contribution in [0.25, 0.3) is 0 Å². The Kier molecular flexibility index (Phi) is 4.61. The summed E-state index contributed by atoms with van der Waals surface area (Å²) in [5.74, 6) is 2.73. The van der Waals surface area contributed by atoms with Gasteiger partial charge in [-0.3, -0.25) is 10.1 Å². The lowest BCUT2D eigenvalue weighted by Gasteiger charge is -2.30. The van der Waals surface area contributed by atoms with Crippen molar-refractivity contribution < 1.29 is 4.79 Å². The lowest BCUT2D eigenvalue weighted by molar-refractivity contribution is -0.131. The molecule has 1 saturated carbocycles. The zero-order chi connectivity index (χ0) is 14.1. The molecule has 3 rings (SSSR count). The van der Waals surface area contributed by atoms with Crippen LogP contribution < -0.4 is 5.32 Å². The molecule has 0 radical (unpaired) electrons. The predicted octanol–water partition coefficient (Wildman–Crippen LogP) is 2.85. The third kappa shape index (κ3) is 2.87. The van der Waals surface area contributed by atoms with Crippen LogP contribution >= 0.6 is 11.8 Å². The van der Waals surface area contributed by atoms with Crippen molar-refractivity contribution in [2.45, 2.75) is 69.8 Å². The zero-order valence-corrected chi connectivity index (χ0v) is 13.6. The van der Waals surface area contributed by atoms with Crippen molar-refractivity contribution >= 4 is 17.7 Å². The standard InChI is InChI=1S/C16H28N2OS/c1-11(2)14-16(19)18(10-13-8-5-9-20-13)15(17-14)12-6-3-4-7-12/h11-15,17H,3-10H2,1-2H3. The number of rotatable bonds is 4. The van der Waals surface area contributed by atoms with Crippen LogP contribution in [0.2, 0.25) is 0 Å². The van der Waals surface area contributed by atoms with Gasteiger partial charge >= 0.3 is 0 Å². The van der Waals surface area contributed by atoms with E-state index in [1.54, 1.807) is 0 Å². The average Bonchev–Trinajstić information content (AvgIpc) is 3.13. The number of amides is 1. The average molecular weight is 296 g/mol. The largest absolute Gasteiger partial charge is 0.324 e. The van der Waals surface area contributed by atoms with Gasteiger partial charge in [-0.1, -0.05) is 26.7 Å². The Morgan fingerprint density at radius 1 is 1.25 bits per heavy atom. The Morgan fingerprint density at radius 2 is 2.00 bits per heavy atom. The fourth-order valence-corrected chi connectivity index (χ4v) is 5.28. The molecule has 0 aromatic rings. The van der Waals surface area contributed by atoms with E-state index in [0.717, 1.165) is 6.54 Å². The number of thioether (sulfide) groups is 1. The van der Waals surface area contributed by atoms with Gasteiger partial charge in [-0.05, 0) is 43.3 Å². The molecule has 1 amide bonds. The first-order valence-electron chi connectivity index (χ1n) is 8.35. The highest BCUT2D eigenvalue weighted by atomic mass is 32.2. The molecule has 2 saturated heterocycles. The molecule has 114 valence electrons. The van der Waals surface area contributed by atoms with Crippen molar-refractivity contribution in [2.75, 3.05) is 12.3 Å². The van der Waals surface area contributed by atoms with Crippen molar-refractivity contribution in [2.24, 2.45) is 11.8 Å². The molecule has 4 heteroatoms. The molecular weight excluding hydrogens is 268 g/mol. The molecule has 2 aliphatic heterocycles. The molecule has 3 aliphatic rings. The van der Waals surface area contributed by atoms with Crippen molar-refractivity contribution in [3.63, 3.8) is 0 Å². The van der Waals surface area contributed by atoms with Crippen LogP contribution in [-0.4, -0.2) is 40.6 Å². The molecule has 0 bridgehead atoms. The Balaban J connectivity index is 1.72. The normalized spacial score (nSPS) is 35.6. The van der Waals surface area contributed by atoms with E-state index < -0.39 is 0 Å². The van der Waals surface area contributed by atoms with Crippen LogP contribution in [0.1, 0.15) is 52.4 Å². The lowest BCUT2D eigenvalue weighted by Crippen LogP contribution is -2.45. The fraction of sp³-hybridized carbons (Fsp3) is 0.938. The summed E-state index contributed by atoms with van der Waals surface area (Å²) in [6, 6.07) is 0.0482. The third-order valence-electron chi connectivity index (χ3n) is 5.17. The number of nitrogens with one attached hydrogen (secondary N) is 1. The Morgan fingerprint density at radius 3 is 2.60 bits per heavy atom. The quantitative estimate of drug-likeness (QED) is 0.866. The van der Waals surface area contributed by atoms with Gasteiger partial charge in [0.25, 0.3) is 0 Å². The van der Waals surface area contributed by atoms with E-state index in [2.05, 4.69) is 35.8 Å². The van der Waals surface area contributed by atoms with Gasteiger partial charge in [0.05, 0.1) is 12.2 Å². The summed E-state index contributed by atoms with van der Waals surface area (Å²) in [7, 11) is 0. The third-order valence-corrected chi connectivity index (χ3v) is 6.55. The van der Waals surface area contributed by atoms with Gasteiger partial charge in [0.1, 0.15) is 0 Å². The van der Waals surface area contributed by atoms with Crippen LogP contribution in [0.3, 0.4) is 0 Å². The Bertz CT molecular complexity index is 348. The number of carbonyl (C=O) groups excluding carboxylic acids is 1. The van der Waals surface area contributed by atoms with Crippen LogP contribution in [0.4, 0.5) is 0 Å². The highest BCUT2D eigenvalue weighted by Crippen LogP contribution is 2.35. The van der Waals surface area contributed by atoms with Gasteiger partial charge in [0.15, 0.2) is 0 Å².